The highest BCUT2D eigenvalue weighted by Gasteiger charge is 2.50. The molecule has 3 heterocycles. The van der Waals surface area contributed by atoms with E-state index in [2.05, 4.69) is 15.2 Å². The number of hydrogen-bond acceptors (Lipinski definition) is 4. The molecule has 2 aromatic heterocycles. The van der Waals surface area contributed by atoms with Gasteiger partial charge in [-0.1, -0.05) is 12.1 Å². The number of aromatic amines is 1. The quantitative estimate of drug-likeness (QED) is 0.578. The molecule has 2 atom stereocenters. The maximum atomic E-state index is 13.8. The summed E-state index contributed by atoms with van der Waals surface area (Å²) in [7, 11) is -4.24. The van der Waals surface area contributed by atoms with Crippen molar-refractivity contribution in [1.82, 2.24) is 19.5 Å². The van der Waals surface area contributed by atoms with E-state index < -0.39 is 39.8 Å². The van der Waals surface area contributed by atoms with Crippen LogP contribution in [0.4, 0.5) is 17.6 Å². The second-order valence-corrected chi connectivity index (χ2v) is 9.91. The van der Waals surface area contributed by atoms with E-state index in [1.54, 1.807) is 6.20 Å². The number of aromatic nitrogens is 3. The maximum Gasteiger partial charge on any atom is 0.433 e. The van der Waals surface area contributed by atoms with Gasteiger partial charge >= 0.3 is 6.18 Å². The lowest BCUT2D eigenvalue weighted by molar-refractivity contribution is -0.141. The average molecular weight is 466 g/mol. The Hall–Kier alpha value is -2.79. The third-order valence-corrected chi connectivity index (χ3v) is 7.85. The number of sulfonamides is 1. The van der Waals surface area contributed by atoms with Gasteiger partial charge in [0.05, 0.1) is 18.3 Å². The lowest BCUT2D eigenvalue weighted by Crippen LogP contribution is -2.43. The molecular formula is C21H18F4N4O2S. The molecule has 3 aromatic rings. The van der Waals surface area contributed by atoms with Crippen molar-refractivity contribution in [2.24, 2.45) is 5.92 Å². The summed E-state index contributed by atoms with van der Waals surface area (Å²) >= 11 is 0. The van der Waals surface area contributed by atoms with E-state index in [9.17, 15) is 26.0 Å². The van der Waals surface area contributed by atoms with Crippen LogP contribution in [-0.4, -0.2) is 27.9 Å². The average Bonchev–Trinajstić information content (AvgIpc) is 3.49. The zero-order valence-electron chi connectivity index (χ0n) is 16.6. The SMILES string of the molecule is O=S(=O)(c1ccc(C(F)(F)F)nc1)N1[C@@H](c2ccc(F)cc2)Cc2[nH]ncc2[C@H]1C1CC1. The van der Waals surface area contributed by atoms with Crippen molar-refractivity contribution in [3.63, 3.8) is 0 Å². The van der Waals surface area contributed by atoms with E-state index in [0.29, 0.717) is 11.6 Å². The van der Waals surface area contributed by atoms with Gasteiger partial charge in [-0.25, -0.2) is 12.8 Å². The lowest BCUT2D eigenvalue weighted by atomic mass is 9.90. The van der Waals surface area contributed by atoms with Gasteiger partial charge in [-0.2, -0.15) is 22.6 Å². The Bertz CT molecular complexity index is 1240. The first kappa shape index (κ1) is 21.1. The molecule has 0 radical (unpaired) electrons. The van der Waals surface area contributed by atoms with E-state index in [4.69, 9.17) is 0 Å². The number of fused-ring (bicyclic) bond motifs is 1. The van der Waals surface area contributed by atoms with E-state index >= 15 is 0 Å². The largest absolute Gasteiger partial charge is 0.433 e. The summed E-state index contributed by atoms with van der Waals surface area (Å²) in [5.74, 6) is -0.390. The molecule has 6 nitrogen and oxygen atoms in total. The third kappa shape index (κ3) is 3.58. The standard InChI is InChI=1S/C21H18F4N4O2S/c22-14-5-3-12(4-6-14)18-9-17-16(11-27-28-17)20(13-1-2-13)29(18)32(30,31)15-7-8-19(26-10-15)21(23,24)25/h3-8,10-11,13,18,20H,1-2,9H2,(H,27,28)/t18-,20-/m1/s1. The zero-order chi connectivity index (χ0) is 22.7. The second kappa shape index (κ2) is 7.38. The fourth-order valence-corrected chi connectivity index (χ4v) is 6.10. The highest BCUT2D eigenvalue weighted by Crippen LogP contribution is 2.53. The summed E-state index contributed by atoms with van der Waals surface area (Å²) in [6.07, 6.45) is -0.406. The van der Waals surface area contributed by atoms with Crippen LogP contribution in [0.1, 0.15) is 47.4 Å². The first-order chi connectivity index (χ1) is 15.2. The summed E-state index contributed by atoms with van der Waals surface area (Å²) in [5, 5.41) is 7.02. The van der Waals surface area contributed by atoms with Gasteiger partial charge in [-0.05, 0) is 48.6 Å². The van der Waals surface area contributed by atoms with Gasteiger partial charge in [0, 0.05) is 23.9 Å². The Balaban J connectivity index is 1.64. The van der Waals surface area contributed by atoms with Gasteiger partial charge in [-0.3, -0.25) is 10.1 Å². The summed E-state index contributed by atoms with van der Waals surface area (Å²) in [5.41, 5.74) is 0.976. The molecule has 32 heavy (non-hydrogen) atoms. The van der Waals surface area contributed by atoms with Crippen molar-refractivity contribution < 1.29 is 26.0 Å². The predicted octanol–water partition coefficient (Wildman–Crippen LogP) is 4.40. The highest BCUT2D eigenvalue weighted by molar-refractivity contribution is 7.89. The molecular weight excluding hydrogens is 448 g/mol. The Labute approximate surface area is 181 Å². The van der Waals surface area contributed by atoms with Gasteiger partial charge in [0.25, 0.3) is 0 Å². The topological polar surface area (TPSA) is 79.0 Å². The molecule has 1 saturated carbocycles. The van der Waals surface area contributed by atoms with Gasteiger partial charge in [-0.15, -0.1) is 0 Å². The smallest absolute Gasteiger partial charge is 0.282 e. The molecule has 1 fully saturated rings. The number of H-pyrrole nitrogens is 1. The maximum absolute atomic E-state index is 13.8. The van der Waals surface area contributed by atoms with Crippen molar-refractivity contribution >= 4 is 10.0 Å². The summed E-state index contributed by atoms with van der Waals surface area (Å²) in [6.45, 7) is 0. The minimum Gasteiger partial charge on any atom is -0.282 e. The summed E-state index contributed by atoms with van der Waals surface area (Å²) in [4.78, 5) is 3.02. The molecule has 0 spiro atoms. The molecule has 1 aliphatic heterocycles. The minimum atomic E-state index is -4.67. The van der Waals surface area contributed by atoms with Crippen LogP contribution in [0.25, 0.3) is 0 Å². The van der Waals surface area contributed by atoms with Gasteiger partial charge in [0.2, 0.25) is 10.0 Å². The van der Waals surface area contributed by atoms with Crippen LogP contribution in [0.5, 0.6) is 0 Å². The van der Waals surface area contributed by atoms with Crippen LogP contribution in [0.2, 0.25) is 0 Å². The molecule has 0 saturated heterocycles. The Morgan fingerprint density at radius 2 is 1.75 bits per heavy atom. The molecule has 11 heteroatoms. The van der Waals surface area contributed by atoms with E-state index in [-0.39, 0.29) is 17.2 Å². The number of halogens is 4. The molecule has 0 bridgehead atoms. The molecule has 5 rings (SSSR count). The molecule has 2 aliphatic rings. The summed E-state index contributed by atoms with van der Waals surface area (Å²) < 4.78 is 81.2. The summed E-state index contributed by atoms with van der Waals surface area (Å²) in [6, 6.07) is 5.96. The van der Waals surface area contributed by atoms with E-state index in [1.165, 1.54) is 28.6 Å². The van der Waals surface area contributed by atoms with Crippen LogP contribution in [0, 0.1) is 11.7 Å². The van der Waals surface area contributed by atoms with Crippen LogP contribution in [0.15, 0.2) is 53.7 Å². The molecule has 168 valence electrons. The fourth-order valence-electron chi connectivity index (χ4n) is 4.32. The number of hydrogen-bond donors (Lipinski definition) is 1. The number of benzene rings is 1. The number of alkyl halides is 3. The number of nitrogens with one attached hydrogen (secondary N) is 1. The van der Waals surface area contributed by atoms with Crippen molar-refractivity contribution in [2.45, 2.75) is 42.4 Å². The molecule has 0 unspecified atom stereocenters. The minimum absolute atomic E-state index is 0.0618. The third-order valence-electron chi connectivity index (χ3n) is 5.97. The monoisotopic (exact) mass is 466 g/mol. The fraction of sp³-hybridized carbons (Fsp3) is 0.333. The highest BCUT2D eigenvalue weighted by atomic mass is 32.2. The van der Waals surface area contributed by atoms with Crippen LogP contribution in [-0.2, 0) is 22.6 Å². The Kier molecular flexibility index (Phi) is 4.86. The second-order valence-electron chi connectivity index (χ2n) is 8.07. The van der Waals surface area contributed by atoms with Crippen LogP contribution >= 0.6 is 0 Å². The molecule has 0 amide bonds. The van der Waals surface area contributed by atoms with Gasteiger partial charge < -0.3 is 0 Å². The van der Waals surface area contributed by atoms with E-state index in [1.807, 2.05) is 0 Å². The lowest BCUT2D eigenvalue weighted by Gasteiger charge is -2.41. The van der Waals surface area contributed by atoms with Gasteiger partial charge in [0.1, 0.15) is 16.4 Å². The Morgan fingerprint density at radius 1 is 1.03 bits per heavy atom. The molecule has 1 aromatic carbocycles. The van der Waals surface area contributed by atoms with Crippen LogP contribution < -0.4 is 0 Å². The molecule has 1 N–H and O–H groups in total. The number of nitrogens with zero attached hydrogens (tertiary/aromatic N) is 3. The number of rotatable bonds is 4. The number of pyridine rings is 1. The van der Waals surface area contributed by atoms with Crippen molar-refractivity contribution in [3.8, 4) is 0 Å². The predicted molar refractivity (Wildman–Crippen MR) is 105 cm³/mol. The van der Waals surface area contributed by atoms with Crippen molar-refractivity contribution in [1.29, 1.82) is 0 Å². The van der Waals surface area contributed by atoms with E-state index in [0.717, 1.165) is 36.4 Å². The first-order valence-electron chi connectivity index (χ1n) is 10.0. The van der Waals surface area contributed by atoms with Gasteiger partial charge in [0.15, 0.2) is 0 Å². The first-order valence-corrected chi connectivity index (χ1v) is 11.4. The van der Waals surface area contributed by atoms with Crippen molar-refractivity contribution in [2.75, 3.05) is 0 Å². The van der Waals surface area contributed by atoms with Crippen molar-refractivity contribution in [3.05, 3.63) is 77.1 Å². The molecule has 1 aliphatic carbocycles. The Morgan fingerprint density at radius 3 is 2.34 bits per heavy atom. The van der Waals surface area contributed by atoms with Crippen LogP contribution in [0.3, 0.4) is 0 Å². The zero-order valence-corrected chi connectivity index (χ0v) is 17.4. The normalized spacial score (nSPS) is 22.0.